The first-order chi connectivity index (χ1) is 9.90. The lowest BCUT2D eigenvalue weighted by Crippen LogP contribution is -2.32. The van der Waals surface area contributed by atoms with Crippen molar-refractivity contribution in [1.29, 1.82) is 0 Å². The molecule has 0 spiro atoms. The summed E-state index contributed by atoms with van der Waals surface area (Å²) in [6.07, 6.45) is 1.19. The molecule has 3 unspecified atom stereocenters. The van der Waals surface area contributed by atoms with Crippen LogP contribution in [-0.2, 0) is 6.42 Å². The first-order valence-electron chi connectivity index (χ1n) is 7.31. The van der Waals surface area contributed by atoms with E-state index in [0.29, 0.717) is 11.8 Å². The van der Waals surface area contributed by atoms with E-state index in [1.54, 1.807) is 12.1 Å². The normalized spacial score (nSPS) is 31.6. The molecule has 2 bridgehead atoms. The average Bonchev–Trinajstić information content (AvgIpc) is 3.00. The van der Waals surface area contributed by atoms with Gasteiger partial charge in [0.1, 0.15) is 5.75 Å². The number of hydrogen-bond acceptors (Lipinski definition) is 1. The van der Waals surface area contributed by atoms with Crippen molar-refractivity contribution in [2.24, 2.45) is 17.3 Å². The summed E-state index contributed by atoms with van der Waals surface area (Å²) >= 11 is 6.25. The van der Waals surface area contributed by atoms with Crippen molar-refractivity contribution in [3.05, 3.63) is 29.8 Å². The monoisotopic (exact) mass is 318 g/mol. The van der Waals surface area contributed by atoms with Crippen molar-refractivity contribution in [2.45, 2.75) is 38.5 Å². The standard InChI is InChI=1S/C16H18ClF3O/c17-10-15(9-12-1-4-13(15)7-12)8-11-2-5-14(6-3-11)21-16(18,19)20/h2-3,5-6,12-13H,1,4,7-10H2. The Hall–Kier alpha value is -0.900. The van der Waals surface area contributed by atoms with E-state index in [-0.39, 0.29) is 11.2 Å². The Morgan fingerprint density at radius 3 is 2.38 bits per heavy atom. The zero-order chi connectivity index (χ0) is 15.1. The summed E-state index contributed by atoms with van der Waals surface area (Å²) in [4.78, 5) is 0. The van der Waals surface area contributed by atoms with Gasteiger partial charge in [-0.25, -0.2) is 0 Å². The first-order valence-corrected chi connectivity index (χ1v) is 7.84. The van der Waals surface area contributed by atoms with Gasteiger partial charge in [-0.15, -0.1) is 24.8 Å². The number of hydrogen-bond donors (Lipinski definition) is 0. The Morgan fingerprint density at radius 2 is 1.90 bits per heavy atom. The molecule has 0 heterocycles. The topological polar surface area (TPSA) is 9.23 Å². The highest BCUT2D eigenvalue weighted by Gasteiger charge is 2.50. The van der Waals surface area contributed by atoms with E-state index in [9.17, 15) is 13.2 Å². The van der Waals surface area contributed by atoms with Crippen molar-refractivity contribution in [2.75, 3.05) is 5.88 Å². The summed E-state index contributed by atoms with van der Waals surface area (Å²) in [6.45, 7) is 0. The van der Waals surface area contributed by atoms with E-state index in [1.165, 1.54) is 31.4 Å². The smallest absolute Gasteiger partial charge is 0.406 e. The molecular weight excluding hydrogens is 301 g/mol. The Labute approximate surface area is 127 Å². The SMILES string of the molecule is FC(F)(F)Oc1ccc(CC2(CCl)CC3CCC2C3)cc1. The maximum absolute atomic E-state index is 12.1. The van der Waals surface area contributed by atoms with Crippen LogP contribution in [0.2, 0.25) is 0 Å². The molecule has 3 rings (SSSR count). The van der Waals surface area contributed by atoms with Crippen LogP contribution in [0.4, 0.5) is 13.2 Å². The van der Waals surface area contributed by atoms with Crippen LogP contribution in [0.25, 0.3) is 0 Å². The summed E-state index contributed by atoms with van der Waals surface area (Å²) in [7, 11) is 0. The van der Waals surface area contributed by atoms with Gasteiger partial charge >= 0.3 is 6.36 Å². The minimum absolute atomic E-state index is 0.136. The molecule has 5 heteroatoms. The summed E-state index contributed by atoms with van der Waals surface area (Å²) in [5.41, 5.74) is 1.18. The summed E-state index contributed by atoms with van der Waals surface area (Å²) < 4.78 is 40.3. The van der Waals surface area contributed by atoms with Crippen LogP contribution in [0.5, 0.6) is 5.75 Å². The second-order valence-corrected chi connectivity index (χ2v) is 6.71. The fourth-order valence-electron chi connectivity index (χ4n) is 4.20. The predicted octanol–water partition coefficient (Wildman–Crippen LogP) is 5.17. The highest BCUT2D eigenvalue weighted by molar-refractivity contribution is 6.18. The lowest BCUT2D eigenvalue weighted by molar-refractivity contribution is -0.274. The molecule has 0 amide bonds. The molecule has 0 aliphatic heterocycles. The van der Waals surface area contributed by atoms with E-state index in [4.69, 9.17) is 11.6 Å². The highest BCUT2D eigenvalue weighted by Crippen LogP contribution is 2.57. The Balaban J connectivity index is 1.70. The number of rotatable bonds is 4. The van der Waals surface area contributed by atoms with E-state index in [1.807, 2.05) is 0 Å². The molecule has 2 aliphatic carbocycles. The Kier molecular flexibility index (Phi) is 3.85. The van der Waals surface area contributed by atoms with Gasteiger partial charge in [0.2, 0.25) is 0 Å². The molecule has 1 nitrogen and oxygen atoms in total. The molecule has 0 saturated heterocycles. The van der Waals surface area contributed by atoms with E-state index in [0.717, 1.165) is 24.3 Å². The Bertz CT molecular complexity index is 499. The molecule has 0 N–H and O–H groups in total. The van der Waals surface area contributed by atoms with Gasteiger partial charge in [0.15, 0.2) is 0 Å². The molecule has 2 aliphatic rings. The largest absolute Gasteiger partial charge is 0.573 e. The van der Waals surface area contributed by atoms with E-state index < -0.39 is 6.36 Å². The van der Waals surface area contributed by atoms with Crippen LogP contribution in [0, 0.1) is 17.3 Å². The number of ether oxygens (including phenoxy) is 1. The third kappa shape index (κ3) is 3.15. The van der Waals surface area contributed by atoms with Gasteiger partial charge in [-0.3, -0.25) is 0 Å². The lowest BCUT2D eigenvalue weighted by Gasteiger charge is -2.36. The van der Waals surface area contributed by atoms with Crippen LogP contribution < -0.4 is 4.74 Å². The zero-order valence-electron chi connectivity index (χ0n) is 11.6. The second kappa shape index (κ2) is 5.38. The second-order valence-electron chi connectivity index (χ2n) is 6.44. The molecule has 1 aromatic rings. The maximum atomic E-state index is 12.1. The molecule has 21 heavy (non-hydrogen) atoms. The third-order valence-corrected chi connectivity index (χ3v) is 5.61. The van der Waals surface area contributed by atoms with Gasteiger partial charge in [0, 0.05) is 5.88 Å². The maximum Gasteiger partial charge on any atom is 0.573 e. The minimum atomic E-state index is -4.64. The van der Waals surface area contributed by atoms with Crippen LogP contribution in [0.15, 0.2) is 24.3 Å². The van der Waals surface area contributed by atoms with Crippen molar-refractivity contribution in [3.63, 3.8) is 0 Å². The third-order valence-electron chi connectivity index (χ3n) is 5.08. The summed E-state index contributed by atoms with van der Waals surface area (Å²) in [5.74, 6) is 1.93. The molecular formula is C16H18ClF3O. The molecule has 0 radical (unpaired) electrons. The first kappa shape index (κ1) is 15.0. The van der Waals surface area contributed by atoms with Crippen molar-refractivity contribution < 1.29 is 17.9 Å². The number of alkyl halides is 4. The van der Waals surface area contributed by atoms with Gasteiger partial charge in [0.25, 0.3) is 0 Å². The number of fused-ring (bicyclic) bond motifs is 2. The van der Waals surface area contributed by atoms with Gasteiger partial charge < -0.3 is 4.74 Å². The molecule has 3 atom stereocenters. The molecule has 2 saturated carbocycles. The minimum Gasteiger partial charge on any atom is -0.406 e. The fourth-order valence-corrected chi connectivity index (χ4v) is 4.62. The van der Waals surface area contributed by atoms with Crippen molar-refractivity contribution >= 4 is 11.6 Å². The molecule has 2 fully saturated rings. The van der Waals surface area contributed by atoms with Crippen molar-refractivity contribution in [1.82, 2.24) is 0 Å². The number of benzene rings is 1. The zero-order valence-corrected chi connectivity index (χ0v) is 12.4. The Morgan fingerprint density at radius 1 is 1.19 bits per heavy atom. The average molecular weight is 319 g/mol. The fraction of sp³-hybridized carbons (Fsp3) is 0.625. The van der Waals surface area contributed by atoms with Crippen LogP contribution in [-0.4, -0.2) is 12.2 Å². The van der Waals surface area contributed by atoms with E-state index in [2.05, 4.69) is 4.74 Å². The van der Waals surface area contributed by atoms with Crippen LogP contribution in [0.3, 0.4) is 0 Å². The van der Waals surface area contributed by atoms with Gasteiger partial charge in [-0.2, -0.15) is 0 Å². The van der Waals surface area contributed by atoms with Crippen LogP contribution >= 0.6 is 11.6 Å². The lowest BCUT2D eigenvalue weighted by atomic mass is 9.71. The van der Waals surface area contributed by atoms with Gasteiger partial charge in [-0.1, -0.05) is 18.6 Å². The number of halogens is 4. The van der Waals surface area contributed by atoms with Gasteiger partial charge in [-0.05, 0) is 60.6 Å². The van der Waals surface area contributed by atoms with Crippen molar-refractivity contribution in [3.8, 4) is 5.75 Å². The predicted molar refractivity (Wildman–Crippen MR) is 75.4 cm³/mol. The summed E-state index contributed by atoms with van der Waals surface area (Å²) in [6, 6.07) is 6.22. The molecule has 116 valence electrons. The molecule has 1 aromatic carbocycles. The quantitative estimate of drug-likeness (QED) is 0.696. The molecule has 0 aromatic heterocycles. The highest BCUT2D eigenvalue weighted by atomic mass is 35.5. The van der Waals surface area contributed by atoms with Crippen LogP contribution in [0.1, 0.15) is 31.2 Å². The summed E-state index contributed by atoms with van der Waals surface area (Å²) in [5, 5.41) is 0. The van der Waals surface area contributed by atoms with Gasteiger partial charge in [0.05, 0.1) is 0 Å². The van der Waals surface area contributed by atoms with E-state index >= 15 is 0 Å².